The number of hydrogen-bond donors (Lipinski definition) is 0. The van der Waals surface area contributed by atoms with Gasteiger partial charge in [0.1, 0.15) is 5.82 Å². The minimum Gasteiger partial charge on any atom is -0.333 e. The Morgan fingerprint density at radius 3 is 2.56 bits per heavy atom. The van der Waals surface area contributed by atoms with Crippen LogP contribution < -0.4 is 0 Å². The van der Waals surface area contributed by atoms with E-state index in [1.165, 1.54) is 12.1 Å². The normalized spacial score (nSPS) is 28.1. The highest BCUT2D eigenvalue weighted by Crippen LogP contribution is 2.38. The second kappa shape index (κ2) is 4.71. The van der Waals surface area contributed by atoms with Crippen molar-refractivity contribution in [2.24, 2.45) is 0 Å². The molecule has 0 unspecified atom stereocenters. The molecule has 0 saturated carbocycles. The first kappa shape index (κ1) is 11.7. The van der Waals surface area contributed by atoms with Gasteiger partial charge < -0.3 is 4.90 Å². The fraction of sp³-hybridized carbons (Fsp3) is 0.533. The standard InChI is InChI=1S/C15H18FNO/c16-12-9-7-11(8-10-12)14-5-1-3-13-4-2-6-15(18)17(13)14/h7-10,13-14H,1-6H2/t13-,14-/m0/s1. The lowest BCUT2D eigenvalue weighted by Gasteiger charge is -2.45. The van der Waals surface area contributed by atoms with Crippen molar-refractivity contribution in [3.63, 3.8) is 0 Å². The maximum atomic E-state index is 13.0. The predicted octanol–water partition coefficient (Wildman–Crippen LogP) is 3.43. The van der Waals surface area contributed by atoms with Gasteiger partial charge in [-0.25, -0.2) is 4.39 Å². The number of carbonyl (C=O) groups is 1. The number of benzene rings is 1. The fourth-order valence-corrected chi connectivity index (χ4v) is 3.37. The summed E-state index contributed by atoms with van der Waals surface area (Å²) in [5, 5.41) is 0. The molecule has 2 nitrogen and oxygen atoms in total. The van der Waals surface area contributed by atoms with Gasteiger partial charge in [-0.15, -0.1) is 0 Å². The second-order valence-corrected chi connectivity index (χ2v) is 5.35. The van der Waals surface area contributed by atoms with Crippen LogP contribution in [0.1, 0.15) is 50.1 Å². The first-order valence-corrected chi connectivity index (χ1v) is 6.82. The Morgan fingerprint density at radius 1 is 1.06 bits per heavy atom. The summed E-state index contributed by atoms with van der Waals surface area (Å²) < 4.78 is 13.0. The van der Waals surface area contributed by atoms with Crippen molar-refractivity contribution in [3.05, 3.63) is 35.6 Å². The molecule has 2 saturated heterocycles. The molecular formula is C15H18FNO. The molecule has 96 valence electrons. The molecule has 1 aromatic rings. The third-order valence-corrected chi connectivity index (χ3v) is 4.21. The molecule has 2 aliphatic heterocycles. The summed E-state index contributed by atoms with van der Waals surface area (Å²) in [5.74, 6) is 0.0661. The summed E-state index contributed by atoms with van der Waals surface area (Å²) in [6.45, 7) is 0. The van der Waals surface area contributed by atoms with Gasteiger partial charge >= 0.3 is 0 Å². The molecular weight excluding hydrogens is 229 g/mol. The van der Waals surface area contributed by atoms with Gasteiger partial charge in [0, 0.05) is 12.5 Å². The van der Waals surface area contributed by atoms with Gasteiger partial charge in [0.25, 0.3) is 0 Å². The number of hydrogen-bond acceptors (Lipinski definition) is 1. The van der Waals surface area contributed by atoms with Gasteiger partial charge in [0.2, 0.25) is 5.91 Å². The molecule has 2 fully saturated rings. The number of fused-ring (bicyclic) bond motifs is 1. The molecule has 0 aromatic heterocycles. The first-order chi connectivity index (χ1) is 8.75. The average Bonchev–Trinajstić information content (AvgIpc) is 2.39. The molecule has 1 aromatic carbocycles. The lowest BCUT2D eigenvalue weighted by atomic mass is 9.86. The first-order valence-electron chi connectivity index (χ1n) is 6.82. The predicted molar refractivity (Wildman–Crippen MR) is 67.5 cm³/mol. The van der Waals surface area contributed by atoms with Crippen molar-refractivity contribution in [2.75, 3.05) is 0 Å². The Labute approximate surface area is 107 Å². The van der Waals surface area contributed by atoms with Crippen LogP contribution in [0.15, 0.2) is 24.3 Å². The Hall–Kier alpha value is -1.38. The van der Waals surface area contributed by atoms with Crippen molar-refractivity contribution in [3.8, 4) is 0 Å². The molecule has 0 spiro atoms. The fourth-order valence-electron chi connectivity index (χ4n) is 3.37. The van der Waals surface area contributed by atoms with E-state index in [1.807, 2.05) is 12.1 Å². The molecule has 1 amide bonds. The van der Waals surface area contributed by atoms with Crippen LogP contribution in [-0.2, 0) is 4.79 Å². The maximum Gasteiger partial charge on any atom is 0.223 e. The minimum absolute atomic E-state index is 0.164. The van der Waals surface area contributed by atoms with E-state index in [0.29, 0.717) is 12.5 Å². The van der Waals surface area contributed by atoms with E-state index in [-0.39, 0.29) is 17.8 Å². The van der Waals surface area contributed by atoms with Gasteiger partial charge in [-0.2, -0.15) is 0 Å². The van der Waals surface area contributed by atoms with Gasteiger partial charge in [-0.05, 0) is 49.8 Å². The number of carbonyl (C=O) groups excluding carboxylic acids is 1. The van der Waals surface area contributed by atoms with Gasteiger partial charge in [0.15, 0.2) is 0 Å². The lowest BCUT2D eigenvalue weighted by molar-refractivity contribution is -0.142. The molecule has 0 bridgehead atoms. The van der Waals surface area contributed by atoms with Crippen molar-refractivity contribution in [1.29, 1.82) is 0 Å². The smallest absolute Gasteiger partial charge is 0.223 e. The Bertz CT molecular complexity index is 440. The molecule has 3 heteroatoms. The minimum atomic E-state index is -0.212. The molecule has 3 rings (SSSR count). The summed E-state index contributed by atoms with van der Waals surface area (Å²) in [4.78, 5) is 14.2. The van der Waals surface area contributed by atoms with Gasteiger partial charge in [0.05, 0.1) is 6.04 Å². The van der Waals surface area contributed by atoms with E-state index >= 15 is 0 Å². The van der Waals surface area contributed by atoms with Gasteiger partial charge in [-0.1, -0.05) is 12.1 Å². The zero-order valence-electron chi connectivity index (χ0n) is 10.4. The number of amides is 1. The third-order valence-electron chi connectivity index (χ3n) is 4.21. The highest BCUT2D eigenvalue weighted by Gasteiger charge is 2.36. The largest absolute Gasteiger partial charge is 0.333 e. The van der Waals surface area contributed by atoms with Crippen LogP contribution >= 0.6 is 0 Å². The van der Waals surface area contributed by atoms with Crippen LogP contribution in [0.5, 0.6) is 0 Å². The average molecular weight is 247 g/mol. The third kappa shape index (κ3) is 2.02. The summed E-state index contributed by atoms with van der Waals surface area (Å²) in [6.07, 6.45) is 6.13. The molecule has 2 atom stereocenters. The van der Waals surface area contributed by atoms with E-state index in [1.54, 1.807) is 0 Å². The van der Waals surface area contributed by atoms with Crippen LogP contribution in [0.2, 0.25) is 0 Å². The monoisotopic (exact) mass is 247 g/mol. The number of piperidine rings is 2. The van der Waals surface area contributed by atoms with Crippen LogP contribution in [0.3, 0.4) is 0 Å². The molecule has 2 heterocycles. The molecule has 2 aliphatic rings. The summed E-state index contributed by atoms with van der Waals surface area (Å²) in [7, 11) is 0. The highest BCUT2D eigenvalue weighted by molar-refractivity contribution is 5.78. The molecule has 0 radical (unpaired) electrons. The number of halogens is 1. The highest BCUT2D eigenvalue weighted by atomic mass is 19.1. The van der Waals surface area contributed by atoms with Crippen molar-refractivity contribution in [1.82, 2.24) is 4.90 Å². The van der Waals surface area contributed by atoms with E-state index < -0.39 is 0 Å². The SMILES string of the molecule is O=C1CCC[C@@H]2CCC[C@@H](c3ccc(F)cc3)N12. The quantitative estimate of drug-likeness (QED) is 0.744. The zero-order valence-corrected chi connectivity index (χ0v) is 10.4. The second-order valence-electron chi connectivity index (χ2n) is 5.35. The summed E-state index contributed by atoms with van der Waals surface area (Å²) in [5.41, 5.74) is 1.08. The van der Waals surface area contributed by atoms with E-state index in [9.17, 15) is 9.18 Å². The topological polar surface area (TPSA) is 20.3 Å². The number of rotatable bonds is 1. The number of nitrogens with zero attached hydrogens (tertiary/aromatic N) is 1. The van der Waals surface area contributed by atoms with Crippen molar-refractivity contribution >= 4 is 5.91 Å². The van der Waals surface area contributed by atoms with Gasteiger partial charge in [-0.3, -0.25) is 4.79 Å². The molecule has 0 N–H and O–H groups in total. The van der Waals surface area contributed by atoms with Crippen LogP contribution in [0.4, 0.5) is 4.39 Å². The Balaban J connectivity index is 1.89. The lowest BCUT2D eigenvalue weighted by Crippen LogP contribution is -2.48. The Kier molecular flexibility index (Phi) is 3.06. The van der Waals surface area contributed by atoms with E-state index in [2.05, 4.69) is 4.90 Å². The van der Waals surface area contributed by atoms with Crippen molar-refractivity contribution in [2.45, 2.75) is 50.6 Å². The van der Waals surface area contributed by atoms with E-state index in [0.717, 1.165) is 37.7 Å². The van der Waals surface area contributed by atoms with Crippen LogP contribution in [0.25, 0.3) is 0 Å². The van der Waals surface area contributed by atoms with E-state index in [4.69, 9.17) is 0 Å². The Morgan fingerprint density at radius 2 is 1.78 bits per heavy atom. The zero-order chi connectivity index (χ0) is 12.5. The summed E-state index contributed by atoms with van der Waals surface area (Å²) in [6, 6.07) is 7.21. The molecule has 18 heavy (non-hydrogen) atoms. The van der Waals surface area contributed by atoms with Crippen LogP contribution in [0, 0.1) is 5.82 Å². The summed E-state index contributed by atoms with van der Waals surface area (Å²) >= 11 is 0. The maximum absolute atomic E-state index is 13.0. The van der Waals surface area contributed by atoms with Crippen LogP contribution in [-0.4, -0.2) is 16.8 Å². The molecule has 0 aliphatic carbocycles. The van der Waals surface area contributed by atoms with Crippen molar-refractivity contribution < 1.29 is 9.18 Å².